The number of amides is 1. The molecule has 1 saturated heterocycles. The van der Waals surface area contributed by atoms with E-state index in [1.807, 2.05) is 0 Å². The quantitative estimate of drug-likeness (QED) is 0.315. The lowest BCUT2D eigenvalue weighted by atomic mass is 10.7. The molecule has 1 heterocycles. The third-order valence-corrected chi connectivity index (χ3v) is 1.68. The Morgan fingerprint density at radius 1 is 1.90 bits per heavy atom. The van der Waals surface area contributed by atoms with E-state index < -0.39 is 0 Å². The van der Waals surface area contributed by atoms with Gasteiger partial charge in [0.2, 0.25) is 11.9 Å². The summed E-state index contributed by atoms with van der Waals surface area (Å²) in [5.74, 6) is -0.0127. The van der Waals surface area contributed by atoms with E-state index in [1.54, 1.807) is 0 Å². The standard InChI is InChI=1S/C4H6N4OS/c5-3(6)8-4-7-2(9)1-10-4/h1H2,(H4,5,6,7,8,9). The smallest absolute Gasteiger partial charge is 0.236 e. The first-order chi connectivity index (χ1) is 4.68. The molecule has 54 valence electrons. The van der Waals surface area contributed by atoms with E-state index in [2.05, 4.69) is 10.3 Å². The highest BCUT2D eigenvalue weighted by Gasteiger charge is 2.15. The van der Waals surface area contributed by atoms with Gasteiger partial charge in [0.1, 0.15) is 0 Å². The fraction of sp³-hybridized carbons (Fsp3) is 0.250. The molecule has 0 aromatic carbocycles. The number of nitrogens with two attached hydrogens (primary N) is 1. The summed E-state index contributed by atoms with van der Waals surface area (Å²) in [6.45, 7) is 0. The number of nitrogens with one attached hydrogen (secondary N) is 2. The first kappa shape index (κ1) is 7.07. The van der Waals surface area contributed by atoms with Crippen LogP contribution in [-0.4, -0.2) is 22.8 Å². The zero-order chi connectivity index (χ0) is 7.56. The van der Waals surface area contributed by atoms with Gasteiger partial charge in [-0.1, -0.05) is 11.8 Å². The molecule has 0 atom stereocenters. The van der Waals surface area contributed by atoms with Crippen LogP contribution >= 0.6 is 11.8 Å². The molecule has 0 aliphatic carbocycles. The molecule has 1 amide bonds. The van der Waals surface area contributed by atoms with Crippen LogP contribution in [0.1, 0.15) is 0 Å². The number of hydrogen-bond donors (Lipinski definition) is 3. The highest BCUT2D eigenvalue weighted by Crippen LogP contribution is 2.07. The van der Waals surface area contributed by atoms with Crippen LogP contribution in [0, 0.1) is 5.41 Å². The van der Waals surface area contributed by atoms with E-state index in [0.29, 0.717) is 10.9 Å². The summed E-state index contributed by atoms with van der Waals surface area (Å²) in [6.07, 6.45) is 0. The summed E-state index contributed by atoms with van der Waals surface area (Å²) < 4.78 is 0. The normalized spacial score (nSPS) is 21.2. The molecule has 6 heteroatoms. The van der Waals surface area contributed by atoms with E-state index in [-0.39, 0.29) is 11.9 Å². The number of hydrogen-bond acceptors (Lipinski definition) is 3. The third-order valence-electron chi connectivity index (χ3n) is 0.808. The van der Waals surface area contributed by atoms with E-state index >= 15 is 0 Å². The monoisotopic (exact) mass is 158 g/mol. The number of amidine groups is 1. The van der Waals surface area contributed by atoms with Gasteiger partial charge in [-0.15, -0.1) is 0 Å². The summed E-state index contributed by atoms with van der Waals surface area (Å²) in [5, 5.41) is 9.60. The van der Waals surface area contributed by atoms with Gasteiger partial charge in [0.15, 0.2) is 5.17 Å². The Morgan fingerprint density at radius 2 is 2.60 bits per heavy atom. The molecule has 5 nitrogen and oxygen atoms in total. The summed E-state index contributed by atoms with van der Waals surface area (Å²) in [4.78, 5) is 14.0. The second-order valence-corrected chi connectivity index (χ2v) is 2.60. The first-order valence-electron chi connectivity index (χ1n) is 2.54. The van der Waals surface area contributed by atoms with Crippen LogP contribution in [-0.2, 0) is 4.79 Å². The molecule has 0 aromatic rings. The van der Waals surface area contributed by atoms with Crippen LogP contribution in [0.4, 0.5) is 0 Å². The maximum Gasteiger partial charge on any atom is 0.236 e. The molecule has 0 spiro atoms. The molecule has 0 aromatic heterocycles. The van der Waals surface area contributed by atoms with Gasteiger partial charge >= 0.3 is 0 Å². The Labute approximate surface area is 61.6 Å². The molecule has 0 bridgehead atoms. The summed E-state index contributed by atoms with van der Waals surface area (Å²) in [5.41, 5.74) is 4.95. The van der Waals surface area contributed by atoms with Gasteiger partial charge in [-0.2, -0.15) is 4.99 Å². The molecular weight excluding hydrogens is 152 g/mol. The van der Waals surface area contributed by atoms with Gasteiger partial charge in [0, 0.05) is 0 Å². The zero-order valence-electron chi connectivity index (χ0n) is 5.05. The van der Waals surface area contributed by atoms with Crippen molar-refractivity contribution in [3.8, 4) is 0 Å². The number of thioether (sulfide) groups is 1. The van der Waals surface area contributed by atoms with E-state index in [9.17, 15) is 4.79 Å². The highest BCUT2D eigenvalue weighted by molar-refractivity contribution is 8.15. The van der Waals surface area contributed by atoms with Crippen LogP contribution in [0.25, 0.3) is 0 Å². The molecule has 10 heavy (non-hydrogen) atoms. The second-order valence-electron chi connectivity index (χ2n) is 1.64. The first-order valence-corrected chi connectivity index (χ1v) is 3.52. The van der Waals surface area contributed by atoms with Crippen molar-refractivity contribution >= 4 is 28.8 Å². The van der Waals surface area contributed by atoms with Crippen molar-refractivity contribution in [2.75, 3.05) is 5.75 Å². The van der Waals surface area contributed by atoms with Gasteiger partial charge in [-0.3, -0.25) is 10.2 Å². The SMILES string of the molecule is N=C(N)/N=C1/NC(=O)CS1. The molecule has 1 rings (SSSR count). The largest absolute Gasteiger partial charge is 0.368 e. The lowest BCUT2D eigenvalue weighted by Gasteiger charge is -1.90. The number of rotatable bonds is 0. The summed E-state index contributed by atoms with van der Waals surface area (Å²) >= 11 is 1.25. The van der Waals surface area contributed by atoms with E-state index in [1.165, 1.54) is 11.8 Å². The van der Waals surface area contributed by atoms with Gasteiger partial charge in [0.05, 0.1) is 5.75 Å². The van der Waals surface area contributed by atoms with E-state index in [0.717, 1.165) is 0 Å². The molecule has 1 aliphatic heterocycles. The molecular formula is C4H6N4OS. The fourth-order valence-corrected chi connectivity index (χ4v) is 1.18. The Hall–Kier alpha value is -1.04. The fourth-order valence-electron chi connectivity index (χ4n) is 0.495. The maximum absolute atomic E-state index is 10.5. The van der Waals surface area contributed by atoms with Crippen LogP contribution in [0.3, 0.4) is 0 Å². The Morgan fingerprint density at radius 3 is 3.00 bits per heavy atom. The van der Waals surface area contributed by atoms with Crippen LogP contribution in [0.2, 0.25) is 0 Å². The predicted octanol–water partition coefficient (Wildman–Crippen LogP) is -0.901. The van der Waals surface area contributed by atoms with Gasteiger partial charge in [-0.05, 0) is 0 Å². The van der Waals surface area contributed by atoms with Crippen molar-refractivity contribution in [1.29, 1.82) is 5.41 Å². The van der Waals surface area contributed by atoms with Crippen molar-refractivity contribution in [1.82, 2.24) is 5.32 Å². The topological polar surface area (TPSA) is 91.3 Å². The van der Waals surface area contributed by atoms with Gasteiger partial charge < -0.3 is 11.1 Å². The van der Waals surface area contributed by atoms with Crippen molar-refractivity contribution in [2.45, 2.75) is 0 Å². The average Bonchev–Trinajstić information content (AvgIpc) is 2.13. The Bertz CT molecular complexity index is 211. The second kappa shape index (κ2) is 2.70. The summed E-state index contributed by atoms with van der Waals surface area (Å²) in [6, 6.07) is 0. The number of nitrogens with zero attached hydrogens (tertiary/aromatic N) is 1. The van der Waals surface area contributed by atoms with Crippen molar-refractivity contribution < 1.29 is 4.79 Å². The lowest BCUT2D eigenvalue weighted by molar-refractivity contribution is -0.116. The van der Waals surface area contributed by atoms with Gasteiger partial charge in [-0.25, -0.2) is 0 Å². The molecule has 0 radical (unpaired) electrons. The van der Waals surface area contributed by atoms with Crippen LogP contribution in [0.5, 0.6) is 0 Å². The minimum atomic E-state index is -0.287. The zero-order valence-corrected chi connectivity index (χ0v) is 5.86. The summed E-state index contributed by atoms with van der Waals surface area (Å²) in [7, 11) is 0. The van der Waals surface area contributed by atoms with Crippen molar-refractivity contribution in [2.24, 2.45) is 10.7 Å². The number of carbonyl (C=O) groups is 1. The minimum absolute atomic E-state index is 0.0926. The lowest BCUT2D eigenvalue weighted by Crippen LogP contribution is -2.22. The number of guanidine groups is 1. The minimum Gasteiger partial charge on any atom is -0.368 e. The highest BCUT2D eigenvalue weighted by atomic mass is 32.2. The molecule has 0 unspecified atom stereocenters. The van der Waals surface area contributed by atoms with Crippen molar-refractivity contribution in [3.63, 3.8) is 0 Å². The Kier molecular flexibility index (Phi) is 1.91. The maximum atomic E-state index is 10.5. The van der Waals surface area contributed by atoms with Crippen molar-refractivity contribution in [3.05, 3.63) is 0 Å². The number of aliphatic imine (C=N–C) groups is 1. The van der Waals surface area contributed by atoms with Crippen LogP contribution in [0.15, 0.2) is 4.99 Å². The molecule has 4 N–H and O–H groups in total. The molecule has 1 aliphatic rings. The Balaban J connectivity index is 2.59. The predicted molar refractivity (Wildman–Crippen MR) is 39.9 cm³/mol. The number of carbonyl (C=O) groups excluding carboxylic acids is 1. The van der Waals surface area contributed by atoms with Gasteiger partial charge in [0.25, 0.3) is 0 Å². The average molecular weight is 158 g/mol. The van der Waals surface area contributed by atoms with Crippen LogP contribution < -0.4 is 11.1 Å². The third kappa shape index (κ3) is 1.73. The van der Waals surface area contributed by atoms with E-state index in [4.69, 9.17) is 11.1 Å². The molecule has 0 saturated carbocycles. The molecule has 1 fully saturated rings.